The molecule has 3 rings (SSSR count). The van der Waals surface area contributed by atoms with Crippen LogP contribution in [0.15, 0.2) is 23.1 Å². The van der Waals surface area contributed by atoms with E-state index in [1.54, 1.807) is 0 Å². The van der Waals surface area contributed by atoms with Crippen LogP contribution in [0.5, 0.6) is 0 Å². The van der Waals surface area contributed by atoms with Crippen molar-refractivity contribution < 1.29 is 9.90 Å². The fourth-order valence-corrected chi connectivity index (χ4v) is 4.59. The number of carboxylic acid groups (broad SMARTS) is 1. The van der Waals surface area contributed by atoms with E-state index >= 15 is 0 Å². The van der Waals surface area contributed by atoms with Gasteiger partial charge in [0.1, 0.15) is 5.54 Å². The number of hydrogen-bond acceptors (Lipinski definition) is 3. The van der Waals surface area contributed by atoms with Gasteiger partial charge in [-0.1, -0.05) is 17.7 Å². The quantitative estimate of drug-likeness (QED) is 0.874. The minimum Gasteiger partial charge on any atom is -0.480 e. The van der Waals surface area contributed by atoms with Crippen molar-refractivity contribution >= 4 is 17.7 Å². The van der Waals surface area contributed by atoms with Gasteiger partial charge in [-0.05, 0) is 57.6 Å². The van der Waals surface area contributed by atoms with Crippen molar-refractivity contribution in [2.75, 3.05) is 0 Å². The Hall–Kier alpha value is -1.00. The third-order valence-corrected chi connectivity index (χ3v) is 6.00. The van der Waals surface area contributed by atoms with E-state index in [1.807, 2.05) is 11.8 Å². The molecule has 3 nitrogen and oxygen atoms in total. The van der Waals surface area contributed by atoms with E-state index in [0.29, 0.717) is 11.3 Å². The number of rotatable bonds is 5. The predicted molar refractivity (Wildman–Crippen MR) is 85.9 cm³/mol. The molecule has 114 valence electrons. The largest absolute Gasteiger partial charge is 0.480 e. The highest BCUT2D eigenvalue weighted by Gasteiger charge is 2.48. The predicted octanol–water partition coefficient (Wildman–Crippen LogP) is 3.52. The fraction of sp³-hybridized carbons (Fsp3) is 0.588. The van der Waals surface area contributed by atoms with E-state index in [0.717, 1.165) is 32.1 Å². The highest BCUT2D eigenvalue weighted by Crippen LogP contribution is 2.42. The average Bonchev–Trinajstić information content (AvgIpc) is 3.14. The monoisotopic (exact) mass is 305 g/mol. The molecule has 2 N–H and O–H groups in total. The van der Waals surface area contributed by atoms with Gasteiger partial charge in [0, 0.05) is 16.2 Å². The molecule has 0 aromatic heterocycles. The van der Waals surface area contributed by atoms with E-state index in [2.05, 4.69) is 37.4 Å². The minimum atomic E-state index is -0.684. The molecule has 4 heteroatoms. The van der Waals surface area contributed by atoms with Crippen LogP contribution in [0.4, 0.5) is 0 Å². The highest BCUT2D eigenvalue weighted by molar-refractivity contribution is 8.00. The third kappa shape index (κ3) is 3.27. The number of nitrogens with one attached hydrogen (secondary N) is 1. The van der Waals surface area contributed by atoms with Gasteiger partial charge in [-0.2, -0.15) is 0 Å². The summed E-state index contributed by atoms with van der Waals surface area (Å²) < 4.78 is 0. The van der Waals surface area contributed by atoms with Crippen LogP contribution in [0.1, 0.15) is 43.2 Å². The maximum atomic E-state index is 11.7. The zero-order chi connectivity index (χ0) is 15.0. The Labute approximate surface area is 130 Å². The summed E-state index contributed by atoms with van der Waals surface area (Å²) in [5, 5.41) is 13.4. The molecule has 1 aromatic carbocycles. The number of hydrogen-bond donors (Lipinski definition) is 2. The van der Waals surface area contributed by atoms with Gasteiger partial charge in [-0.25, -0.2) is 0 Å². The highest BCUT2D eigenvalue weighted by atomic mass is 32.2. The first-order valence-electron chi connectivity index (χ1n) is 7.73. The van der Waals surface area contributed by atoms with Gasteiger partial charge in [-0.3, -0.25) is 10.1 Å². The first-order valence-corrected chi connectivity index (χ1v) is 8.61. The van der Waals surface area contributed by atoms with E-state index in [9.17, 15) is 9.90 Å². The van der Waals surface area contributed by atoms with Crippen LogP contribution in [0, 0.1) is 13.8 Å². The molecule has 2 saturated carbocycles. The van der Waals surface area contributed by atoms with Crippen LogP contribution in [0.25, 0.3) is 0 Å². The topological polar surface area (TPSA) is 49.3 Å². The Kier molecular flexibility index (Phi) is 4.02. The summed E-state index contributed by atoms with van der Waals surface area (Å²) in [6, 6.07) is 6.93. The van der Waals surface area contributed by atoms with Crippen molar-refractivity contribution in [2.24, 2.45) is 0 Å². The van der Waals surface area contributed by atoms with Crippen molar-refractivity contribution in [3.8, 4) is 0 Å². The molecule has 0 bridgehead atoms. The van der Waals surface area contributed by atoms with E-state index < -0.39 is 11.5 Å². The van der Waals surface area contributed by atoms with Gasteiger partial charge >= 0.3 is 5.97 Å². The lowest BCUT2D eigenvalue weighted by Crippen LogP contribution is -2.51. The van der Waals surface area contributed by atoms with Gasteiger partial charge < -0.3 is 5.11 Å². The maximum absolute atomic E-state index is 11.7. The van der Waals surface area contributed by atoms with Crippen molar-refractivity contribution in [3.63, 3.8) is 0 Å². The van der Waals surface area contributed by atoms with E-state index in [1.165, 1.54) is 16.0 Å². The van der Waals surface area contributed by atoms with Gasteiger partial charge in [-0.15, -0.1) is 11.8 Å². The first kappa shape index (κ1) is 14.9. The normalized spacial score (nSPS) is 28.8. The standard InChI is InChI=1S/C17H23NO2S/c1-11-3-4-12(2)15(9-11)21-14-7-8-17(10-14,16(19)20)18-13-5-6-13/h3-4,9,13-14,18H,5-8,10H2,1-2H3,(H,19,20). The van der Waals surface area contributed by atoms with Crippen LogP contribution in [-0.2, 0) is 4.79 Å². The lowest BCUT2D eigenvalue weighted by atomic mass is 9.98. The van der Waals surface area contributed by atoms with E-state index in [-0.39, 0.29) is 0 Å². The SMILES string of the molecule is Cc1ccc(C)c(SC2CCC(NC3CC3)(C(=O)O)C2)c1. The van der Waals surface area contributed by atoms with E-state index in [4.69, 9.17) is 0 Å². The fourth-order valence-electron chi connectivity index (χ4n) is 3.12. The van der Waals surface area contributed by atoms with Gasteiger partial charge in [0.05, 0.1) is 0 Å². The molecular formula is C17H23NO2S. The molecule has 2 unspecified atom stereocenters. The Morgan fingerprint density at radius 2 is 2.10 bits per heavy atom. The second-order valence-corrected chi connectivity index (χ2v) is 7.90. The van der Waals surface area contributed by atoms with Gasteiger partial charge in [0.15, 0.2) is 0 Å². The van der Waals surface area contributed by atoms with Crippen LogP contribution in [0.3, 0.4) is 0 Å². The molecule has 1 aromatic rings. The van der Waals surface area contributed by atoms with Crippen molar-refractivity contribution in [3.05, 3.63) is 29.3 Å². The summed E-state index contributed by atoms with van der Waals surface area (Å²) in [4.78, 5) is 13.0. The van der Waals surface area contributed by atoms with Crippen LogP contribution < -0.4 is 5.32 Å². The average molecular weight is 305 g/mol. The lowest BCUT2D eigenvalue weighted by Gasteiger charge is -2.26. The van der Waals surface area contributed by atoms with Crippen LogP contribution in [0.2, 0.25) is 0 Å². The zero-order valence-electron chi connectivity index (χ0n) is 12.7. The molecule has 21 heavy (non-hydrogen) atoms. The number of benzene rings is 1. The van der Waals surface area contributed by atoms with Gasteiger partial charge in [0.2, 0.25) is 0 Å². The van der Waals surface area contributed by atoms with Crippen LogP contribution >= 0.6 is 11.8 Å². The summed E-state index contributed by atoms with van der Waals surface area (Å²) in [6.07, 6.45) is 4.72. The summed E-state index contributed by atoms with van der Waals surface area (Å²) in [6.45, 7) is 4.23. The lowest BCUT2D eigenvalue weighted by molar-refractivity contribution is -0.144. The minimum absolute atomic E-state index is 0.396. The number of aliphatic carboxylic acids is 1. The zero-order valence-corrected chi connectivity index (χ0v) is 13.5. The Balaban J connectivity index is 1.70. The molecule has 0 spiro atoms. The summed E-state index contributed by atoms with van der Waals surface area (Å²) in [7, 11) is 0. The Morgan fingerprint density at radius 1 is 1.33 bits per heavy atom. The summed E-state index contributed by atoms with van der Waals surface area (Å²) in [5.74, 6) is -0.668. The Morgan fingerprint density at radius 3 is 2.76 bits per heavy atom. The molecule has 2 aliphatic rings. The van der Waals surface area contributed by atoms with Crippen molar-refractivity contribution in [1.82, 2.24) is 5.32 Å². The smallest absolute Gasteiger partial charge is 0.323 e. The first-order chi connectivity index (χ1) is 9.98. The molecule has 0 aliphatic heterocycles. The maximum Gasteiger partial charge on any atom is 0.323 e. The van der Waals surface area contributed by atoms with Crippen LogP contribution in [-0.4, -0.2) is 27.9 Å². The molecular weight excluding hydrogens is 282 g/mol. The molecule has 2 aliphatic carbocycles. The third-order valence-electron chi connectivity index (χ3n) is 4.57. The summed E-state index contributed by atoms with van der Waals surface area (Å²) in [5.41, 5.74) is 1.87. The number of aryl methyl sites for hydroxylation is 2. The Bertz CT molecular complexity index is 556. The molecule has 0 saturated heterocycles. The number of carboxylic acids is 1. The molecule has 0 radical (unpaired) electrons. The molecule has 2 fully saturated rings. The van der Waals surface area contributed by atoms with Crippen molar-refractivity contribution in [2.45, 2.75) is 67.7 Å². The molecule has 0 amide bonds. The number of carbonyl (C=O) groups is 1. The molecule has 2 atom stereocenters. The second kappa shape index (κ2) is 5.65. The summed E-state index contributed by atoms with van der Waals surface area (Å²) >= 11 is 1.86. The molecule has 0 heterocycles. The number of thioether (sulfide) groups is 1. The van der Waals surface area contributed by atoms with Crippen molar-refractivity contribution in [1.29, 1.82) is 0 Å². The second-order valence-electron chi connectivity index (χ2n) is 6.56. The van der Waals surface area contributed by atoms with Gasteiger partial charge in [0.25, 0.3) is 0 Å².